The van der Waals surface area contributed by atoms with Crippen LogP contribution in [0.15, 0.2) is 0 Å². The van der Waals surface area contributed by atoms with Crippen LogP contribution in [-0.2, 0) is 14.3 Å². The van der Waals surface area contributed by atoms with Crippen molar-refractivity contribution in [2.75, 3.05) is 38.4 Å². The zero-order valence-electron chi connectivity index (χ0n) is 8.66. The molecule has 0 N–H and O–H groups in total. The second-order valence-corrected chi connectivity index (χ2v) is 4.53. The van der Waals surface area contributed by atoms with Crippen LogP contribution < -0.4 is 0 Å². The predicted molar refractivity (Wildman–Crippen MR) is 57.8 cm³/mol. The van der Waals surface area contributed by atoms with Crippen molar-refractivity contribution in [1.29, 1.82) is 0 Å². The van der Waals surface area contributed by atoms with E-state index in [9.17, 15) is 4.79 Å². The number of Topliss-reactive ketones (excluding diaryl/α,β-unsaturated/α-hetero) is 1. The Balaban J connectivity index is 1.97. The molecule has 0 saturated carbocycles. The summed E-state index contributed by atoms with van der Waals surface area (Å²) in [5, 5.41) is 0. The molecule has 0 amide bonds. The molecule has 0 aromatic carbocycles. The van der Waals surface area contributed by atoms with Gasteiger partial charge in [0, 0.05) is 26.2 Å². The average Bonchev–Trinajstić information content (AvgIpc) is 2.70. The van der Waals surface area contributed by atoms with Gasteiger partial charge < -0.3 is 9.47 Å². The SMILES string of the molecule is COCCCSCC(=O)C1CCOC1. The van der Waals surface area contributed by atoms with E-state index in [-0.39, 0.29) is 5.92 Å². The van der Waals surface area contributed by atoms with Gasteiger partial charge in [-0.1, -0.05) is 0 Å². The smallest absolute Gasteiger partial charge is 0.148 e. The zero-order valence-corrected chi connectivity index (χ0v) is 9.48. The van der Waals surface area contributed by atoms with Crippen molar-refractivity contribution in [3.63, 3.8) is 0 Å². The van der Waals surface area contributed by atoms with Crippen LogP contribution in [-0.4, -0.2) is 44.2 Å². The minimum Gasteiger partial charge on any atom is -0.385 e. The van der Waals surface area contributed by atoms with Crippen molar-refractivity contribution in [2.24, 2.45) is 5.92 Å². The van der Waals surface area contributed by atoms with Gasteiger partial charge in [0.25, 0.3) is 0 Å². The van der Waals surface area contributed by atoms with Crippen LogP contribution in [0.1, 0.15) is 12.8 Å². The Morgan fingerprint density at radius 1 is 1.64 bits per heavy atom. The van der Waals surface area contributed by atoms with Crippen LogP contribution in [0.25, 0.3) is 0 Å². The first-order valence-corrected chi connectivity index (χ1v) is 6.17. The summed E-state index contributed by atoms with van der Waals surface area (Å²) in [6.45, 7) is 2.18. The van der Waals surface area contributed by atoms with Gasteiger partial charge in [0.1, 0.15) is 5.78 Å². The summed E-state index contributed by atoms with van der Waals surface area (Å²) in [6.07, 6.45) is 1.94. The maximum atomic E-state index is 11.5. The van der Waals surface area contributed by atoms with Crippen molar-refractivity contribution in [3.8, 4) is 0 Å². The molecule has 1 saturated heterocycles. The van der Waals surface area contributed by atoms with Crippen LogP contribution in [0.3, 0.4) is 0 Å². The summed E-state index contributed by atoms with van der Waals surface area (Å²) in [4.78, 5) is 11.5. The van der Waals surface area contributed by atoms with Crippen molar-refractivity contribution in [3.05, 3.63) is 0 Å². The summed E-state index contributed by atoms with van der Waals surface area (Å²) < 4.78 is 10.1. The van der Waals surface area contributed by atoms with Gasteiger partial charge in [-0.25, -0.2) is 0 Å². The van der Waals surface area contributed by atoms with E-state index in [1.54, 1.807) is 18.9 Å². The Bertz CT molecular complexity index is 167. The molecule has 14 heavy (non-hydrogen) atoms. The van der Waals surface area contributed by atoms with Gasteiger partial charge in [-0.3, -0.25) is 4.79 Å². The van der Waals surface area contributed by atoms with Crippen molar-refractivity contribution >= 4 is 17.5 Å². The second kappa shape index (κ2) is 7.26. The minimum absolute atomic E-state index is 0.171. The van der Waals surface area contributed by atoms with Gasteiger partial charge in [0.2, 0.25) is 0 Å². The first-order chi connectivity index (χ1) is 6.84. The number of carbonyl (C=O) groups excluding carboxylic acids is 1. The largest absolute Gasteiger partial charge is 0.385 e. The molecule has 0 spiro atoms. The Morgan fingerprint density at radius 2 is 2.50 bits per heavy atom. The topological polar surface area (TPSA) is 35.5 Å². The molecule has 1 fully saturated rings. The van der Waals surface area contributed by atoms with Gasteiger partial charge >= 0.3 is 0 Å². The lowest BCUT2D eigenvalue weighted by molar-refractivity contribution is -0.120. The molecule has 3 nitrogen and oxygen atoms in total. The van der Waals surface area contributed by atoms with Gasteiger partial charge in [-0.2, -0.15) is 11.8 Å². The Morgan fingerprint density at radius 3 is 3.14 bits per heavy atom. The van der Waals surface area contributed by atoms with Crippen LogP contribution in [0, 0.1) is 5.92 Å². The number of methoxy groups -OCH3 is 1. The standard InChI is InChI=1S/C10H18O3S/c1-12-4-2-6-14-8-10(11)9-3-5-13-7-9/h9H,2-8H2,1H3. The fourth-order valence-corrected chi connectivity index (χ4v) is 2.29. The molecule has 0 aromatic heterocycles. The first-order valence-electron chi connectivity index (χ1n) is 5.01. The van der Waals surface area contributed by atoms with Crippen molar-refractivity contribution < 1.29 is 14.3 Å². The van der Waals surface area contributed by atoms with E-state index in [0.717, 1.165) is 31.8 Å². The lowest BCUT2D eigenvalue weighted by Gasteiger charge is -2.05. The summed E-state index contributed by atoms with van der Waals surface area (Å²) >= 11 is 1.70. The molecule has 0 radical (unpaired) electrons. The third-order valence-corrected chi connectivity index (χ3v) is 3.33. The van der Waals surface area contributed by atoms with E-state index in [2.05, 4.69) is 0 Å². The number of ketones is 1. The molecule has 0 bridgehead atoms. The molecular weight excluding hydrogens is 200 g/mol. The van der Waals surface area contributed by atoms with E-state index in [1.807, 2.05) is 0 Å². The van der Waals surface area contributed by atoms with E-state index < -0.39 is 0 Å². The molecule has 1 unspecified atom stereocenters. The van der Waals surface area contributed by atoms with E-state index >= 15 is 0 Å². The minimum atomic E-state index is 0.171. The van der Waals surface area contributed by atoms with Gasteiger partial charge in [0.05, 0.1) is 12.4 Å². The Hall–Kier alpha value is -0.0600. The number of thioether (sulfide) groups is 1. The summed E-state index contributed by atoms with van der Waals surface area (Å²) in [7, 11) is 1.70. The second-order valence-electron chi connectivity index (χ2n) is 3.43. The van der Waals surface area contributed by atoms with Gasteiger partial charge in [0.15, 0.2) is 0 Å². The quantitative estimate of drug-likeness (QED) is 0.604. The summed E-state index contributed by atoms with van der Waals surface area (Å²) in [5.74, 6) is 2.17. The highest BCUT2D eigenvalue weighted by Gasteiger charge is 2.22. The molecule has 1 aliphatic heterocycles. The number of ether oxygens (including phenoxy) is 2. The van der Waals surface area contributed by atoms with Crippen LogP contribution >= 0.6 is 11.8 Å². The third kappa shape index (κ3) is 4.44. The number of carbonyl (C=O) groups is 1. The van der Waals surface area contributed by atoms with Gasteiger partial charge in [-0.15, -0.1) is 0 Å². The zero-order chi connectivity index (χ0) is 10.2. The Kier molecular flexibility index (Phi) is 6.23. The first kappa shape index (κ1) is 12.0. The lowest BCUT2D eigenvalue weighted by atomic mass is 10.1. The highest BCUT2D eigenvalue weighted by atomic mass is 32.2. The Labute approximate surface area is 89.5 Å². The number of hydrogen-bond donors (Lipinski definition) is 0. The third-order valence-electron chi connectivity index (χ3n) is 2.27. The fourth-order valence-electron chi connectivity index (χ4n) is 1.38. The highest BCUT2D eigenvalue weighted by Crippen LogP contribution is 2.16. The lowest BCUT2D eigenvalue weighted by Crippen LogP contribution is -2.16. The molecule has 4 heteroatoms. The van der Waals surface area contributed by atoms with E-state index in [0.29, 0.717) is 18.1 Å². The van der Waals surface area contributed by atoms with E-state index in [4.69, 9.17) is 9.47 Å². The normalized spacial score (nSPS) is 21.4. The molecule has 82 valence electrons. The predicted octanol–water partition coefficient (Wildman–Crippen LogP) is 1.36. The maximum absolute atomic E-state index is 11.5. The molecule has 1 atom stereocenters. The van der Waals surface area contributed by atoms with Crippen LogP contribution in [0.5, 0.6) is 0 Å². The number of hydrogen-bond acceptors (Lipinski definition) is 4. The van der Waals surface area contributed by atoms with Crippen molar-refractivity contribution in [2.45, 2.75) is 12.8 Å². The van der Waals surface area contributed by atoms with Crippen molar-refractivity contribution in [1.82, 2.24) is 0 Å². The molecule has 1 rings (SSSR count). The highest BCUT2D eigenvalue weighted by molar-refractivity contribution is 7.99. The van der Waals surface area contributed by atoms with Gasteiger partial charge in [-0.05, 0) is 18.6 Å². The summed E-state index contributed by atoms with van der Waals surface area (Å²) in [6, 6.07) is 0. The molecule has 1 aliphatic rings. The maximum Gasteiger partial charge on any atom is 0.148 e. The fraction of sp³-hybridized carbons (Fsp3) is 0.900. The average molecular weight is 218 g/mol. The summed E-state index contributed by atoms with van der Waals surface area (Å²) in [5.41, 5.74) is 0. The van der Waals surface area contributed by atoms with Crippen LogP contribution in [0.2, 0.25) is 0 Å². The molecule has 0 aromatic rings. The van der Waals surface area contributed by atoms with Crippen LogP contribution in [0.4, 0.5) is 0 Å². The molecule has 0 aliphatic carbocycles. The molecular formula is C10H18O3S. The van der Waals surface area contributed by atoms with E-state index in [1.165, 1.54) is 0 Å². The molecule has 1 heterocycles. The number of rotatable bonds is 7. The monoisotopic (exact) mass is 218 g/mol.